The molecule has 1 aromatic carbocycles. The summed E-state index contributed by atoms with van der Waals surface area (Å²) in [4.78, 5) is 27.9. The van der Waals surface area contributed by atoms with E-state index in [9.17, 15) is 9.59 Å². The van der Waals surface area contributed by atoms with Gasteiger partial charge in [0.05, 0.1) is 0 Å². The van der Waals surface area contributed by atoms with Gasteiger partial charge in [0.1, 0.15) is 11.5 Å². The van der Waals surface area contributed by atoms with Crippen molar-refractivity contribution in [1.29, 1.82) is 0 Å². The van der Waals surface area contributed by atoms with Gasteiger partial charge in [-0.1, -0.05) is 6.07 Å². The zero-order valence-electron chi connectivity index (χ0n) is 13.9. The van der Waals surface area contributed by atoms with Crippen LogP contribution in [0.25, 0.3) is 0 Å². The minimum atomic E-state index is -0.870. The zero-order valence-corrected chi connectivity index (χ0v) is 13.9. The third kappa shape index (κ3) is 6.50. The van der Waals surface area contributed by atoms with Gasteiger partial charge in [-0.25, -0.2) is 4.98 Å². The number of nitrogens with zero attached hydrogens (tertiary/aromatic N) is 2. The highest BCUT2D eigenvalue weighted by Gasteiger charge is 2.10. The third-order valence-electron chi connectivity index (χ3n) is 3.36. The van der Waals surface area contributed by atoms with Crippen LogP contribution in [0.3, 0.4) is 0 Å². The molecule has 1 heterocycles. The van der Waals surface area contributed by atoms with Gasteiger partial charge in [-0.2, -0.15) is 0 Å². The van der Waals surface area contributed by atoms with Crippen LogP contribution in [0.4, 0.5) is 0 Å². The number of carbonyl (C=O) groups is 2. The second kappa shape index (κ2) is 9.27. The average Bonchev–Trinajstić information content (AvgIpc) is 2.61. The van der Waals surface area contributed by atoms with Crippen molar-refractivity contribution in [2.75, 3.05) is 20.2 Å². The van der Waals surface area contributed by atoms with Crippen molar-refractivity contribution in [2.24, 2.45) is 0 Å². The molecule has 0 aliphatic heterocycles. The number of ether oxygens (including phenoxy) is 2. The Kier molecular flexibility index (Phi) is 6.76. The highest BCUT2D eigenvalue weighted by molar-refractivity contribution is 5.77. The molecule has 7 heteroatoms. The number of rotatable bonds is 9. The van der Waals surface area contributed by atoms with Gasteiger partial charge in [-0.15, -0.1) is 0 Å². The molecule has 0 atom stereocenters. The van der Waals surface area contributed by atoms with Crippen molar-refractivity contribution < 1.29 is 24.2 Å². The van der Waals surface area contributed by atoms with Crippen molar-refractivity contribution in [1.82, 2.24) is 9.88 Å². The third-order valence-corrected chi connectivity index (χ3v) is 3.36. The maximum Gasteiger partial charge on any atom is 0.303 e. The lowest BCUT2D eigenvalue weighted by Crippen LogP contribution is -2.32. The number of carboxylic acid groups (broad SMARTS) is 1. The molecule has 0 fully saturated rings. The first-order valence-electron chi connectivity index (χ1n) is 7.82. The summed E-state index contributed by atoms with van der Waals surface area (Å²) in [6, 6.07) is 12.3. The number of hydrogen-bond donors (Lipinski definition) is 1. The summed E-state index contributed by atoms with van der Waals surface area (Å²) < 4.78 is 11.0. The minimum Gasteiger partial charge on any atom is -0.484 e. The standard InChI is InChI=1S/C18H20N2O5/c1-20(12-4-6-18(22)23)17(21)13-24-14-7-9-15(10-8-14)25-16-5-2-3-11-19-16/h2-3,5,7-11H,4,6,12-13H2,1H3,(H,22,23). The number of aromatic nitrogens is 1. The number of likely N-dealkylation sites (N-methyl/N-ethyl adjacent to an activating group) is 1. The molecule has 132 valence electrons. The average molecular weight is 344 g/mol. The van der Waals surface area contributed by atoms with Crippen LogP contribution in [0, 0.1) is 0 Å². The smallest absolute Gasteiger partial charge is 0.303 e. The Hall–Kier alpha value is -3.09. The molecule has 25 heavy (non-hydrogen) atoms. The summed E-state index contributed by atoms with van der Waals surface area (Å²) in [7, 11) is 1.62. The van der Waals surface area contributed by atoms with Gasteiger partial charge in [0.15, 0.2) is 6.61 Å². The Morgan fingerprint density at radius 3 is 2.48 bits per heavy atom. The van der Waals surface area contributed by atoms with Crippen molar-refractivity contribution in [3.63, 3.8) is 0 Å². The Bertz CT molecular complexity index is 688. The second-order valence-corrected chi connectivity index (χ2v) is 5.34. The largest absolute Gasteiger partial charge is 0.484 e. The lowest BCUT2D eigenvalue weighted by molar-refractivity contribution is -0.138. The Balaban J connectivity index is 1.77. The molecular formula is C18H20N2O5. The van der Waals surface area contributed by atoms with E-state index in [1.165, 1.54) is 4.90 Å². The first-order valence-corrected chi connectivity index (χ1v) is 7.82. The summed E-state index contributed by atoms with van der Waals surface area (Å²) in [6.45, 7) is 0.273. The van der Waals surface area contributed by atoms with Gasteiger partial charge < -0.3 is 19.5 Å². The second-order valence-electron chi connectivity index (χ2n) is 5.34. The summed E-state index contributed by atoms with van der Waals surface area (Å²) in [5.41, 5.74) is 0. The summed E-state index contributed by atoms with van der Waals surface area (Å²) in [6.07, 6.45) is 2.10. The number of hydrogen-bond acceptors (Lipinski definition) is 5. The van der Waals surface area contributed by atoms with E-state index < -0.39 is 5.97 Å². The van der Waals surface area contributed by atoms with Gasteiger partial charge in [-0.05, 0) is 36.8 Å². The van der Waals surface area contributed by atoms with E-state index in [0.29, 0.717) is 30.3 Å². The Morgan fingerprint density at radius 1 is 1.12 bits per heavy atom. The van der Waals surface area contributed by atoms with Gasteiger partial charge >= 0.3 is 5.97 Å². The SMILES string of the molecule is CN(CCCC(=O)O)C(=O)COc1ccc(Oc2ccccn2)cc1. The van der Waals surface area contributed by atoms with Crippen molar-refractivity contribution >= 4 is 11.9 Å². The van der Waals surface area contributed by atoms with Crippen molar-refractivity contribution in [3.05, 3.63) is 48.7 Å². The summed E-state index contributed by atoms with van der Waals surface area (Å²) in [5.74, 6) is 0.572. The molecule has 0 saturated carbocycles. The highest BCUT2D eigenvalue weighted by atomic mass is 16.5. The highest BCUT2D eigenvalue weighted by Crippen LogP contribution is 2.22. The van der Waals surface area contributed by atoms with Crippen molar-refractivity contribution in [2.45, 2.75) is 12.8 Å². The Labute approximate surface area is 145 Å². The van der Waals surface area contributed by atoms with E-state index in [2.05, 4.69) is 4.98 Å². The minimum absolute atomic E-state index is 0.0379. The molecule has 0 aliphatic rings. The maximum atomic E-state index is 11.9. The molecule has 0 bridgehead atoms. The van der Waals surface area contributed by atoms with E-state index in [1.54, 1.807) is 49.6 Å². The zero-order chi connectivity index (χ0) is 18.1. The summed E-state index contributed by atoms with van der Waals surface area (Å²) in [5, 5.41) is 8.59. The molecule has 0 spiro atoms. The molecule has 0 unspecified atom stereocenters. The molecule has 0 radical (unpaired) electrons. The van der Waals surface area contributed by atoms with Crippen LogP contribution in [0.1, 0.15) is 12.8 Å². The molecule has 2 aromatic rings. The van der Waals surface area contributed by atoms with Crippen LogP contribution < -0.4 is 9.47 Å². The number of carboxylic acids is 1. The van der Waals surface area contributed by atoms with E-state index in [0.717, 1.165) is 0 Å². The van der Waals surface area contributed by atoms with Crippen LogP contribution in [-0.4, -0.2) is 47.1 Å². The van der Waals surface area contributed by atoms with Crippen LogP contribution >= 0.6 is 0 Å². The van der Waals surface area contributed by atoms with Gasteiger partial charge in [-0.3, -0.25) is 9.59 Å². The molecule has 0 aliphatic carbocycles. The summed E-state index contributed by atoms with van der Waals surface area (Å²) >= 11 is 0. The van der Waals surface area contributed by atoms with Gasteiger partial charge in [0, 0.05) is 32.3 Å². The molecule has 7 nitrogen and oxygen atoms in total. The molecule has 0 saturated heterocycles. The first-order chi connectivity index (χ1) is 12.0. The fourth-order valence-corrected chi connectivity index (χ4v) is 1.98. The van der Waals surface area contributed by atoms with E-state index in [-0.39, 0.29) is 18.9 Å². The number of benzene rings is 1. The fourth-order valence-electron chi connectivity index (χ4n) is 1.98. The lowest BCUT2D eigenvalue weighted by Gasteiger charge is -2.17. The van der Waals surface area contributed by atoms with Crippen LogP contribution in [0.5, 0.6) is 17.4 Å². The quantitative estimate of drug-likeness (QED) is 0.752. The maximum absolute atomic E-state index is 11.9. The van der Waals surface area contributed by atoms with E-state index in [4.69, 9.17) is 14.6 Å². The van der Waals surface area contributed by atoms with Crippen LogP contribution in [0.15, 0.2) is 48.7 Å². The predicted molar refractivity (Wildman–Crippen MR) is 90.8 cm³/mol. The predicted octanol–water partition coefficient (Wildman–Crippen LogP) is 2.58. The van der Waals surface area contributed by atoms with Gasteiger partial charge in [0.2, 0.25) is 5.88 Å². The topological polar surface area (TPSA) is 89.0 Å². The molecule has 1 aromatic heterocycles. The molecule has 1 amide bonds. The molecule has 1 N–H and O–H groups in total. The number of aliphatic carboxylic acids is 1. The number of carbonyl (C=O) groups excluding carboxylic acids is 1. The van der Waals surface area contributed by atoms with Gasteiger partial charge in [0.25, 0.3) is 5.91 Å². The Morgan fingerprint density at radius 2 is 1.84 bits per heavy atom. The number of amides is 1. The molecule has 2 rings (SSSR count). The lowest BCUT2D eigenvalue weighted by atomic mass is 10.3. The van der Waals surface area contributed by atoms with Crippen LogP contribution in [0.2, 0.25) is 0 Å². The van der Waals surface area contributed by atoms with E-state index in [1.807, 2.05) is 6.07 Å². The molecular weight excluding hydrogens is 324 g/mol. The normalized spacial score (nSPS) is 10.1. The fraction of sp³-hybridized carbons (Fsp3) is 0.278. The van der Waals surface area contributed by atoms with Crippen LogP contribution in [-0.2, 0) is 9.59 Å². The monoisotopic (exact) mass is 344 g/mol. The van der Waals surface area contributed by atoms with E-state index >= 15 is 0 Å². The first kappa shape index (κ1) is 18.3. The van der Waals surface area contributed by atoms with Crippen molar-refractivity contribution in [3.8, 4) is 17.4 Å². The number of pyridine rings is 1.